The van der Waals surface area contributed by atoms with E-state index in [0.29, 0.717) is 19.8 Å². The zero-order valence-electron chi connectivity index (χ0n) is 10.3. The second-order valence-electron chi connectivity index (χ2n) is 4.81. The fourth-order valence-corrected chi connectivity index (χ4v) is 2.34. The van der Waals surface area contributed by atoms with E-state index in [4.69, 9.17) is 10.5 Å². The molecule has 96 valence electrons. The van der Waals surface area contributed by atoms with Gasteiger partial charge >= 0.3 is 0 Å². The minimum Gasteiger partial charge on any atom is -0.388 e. The highest BCUT2D eigenvalue weighted by atomic mass is 16.5. The quantitative estimate of drug-likeness (QED) is 0.793. The summed E-state index contributed by atoms with van der Waals surface area (Å²) >= 11 is 0. The highest BCUT2D eigenvalue weighted by Gasteiger charge is 2.41. The van der Waals surface area contributed by atoms with Gasteiger partial charge in [-0.25, -0.2) is 0 Å². The van der Waals surface area contributed by atoms with E-state index in [2.05, 4.69) is 12.0 Å². The van der Waals surface area contributed by atoms with E-state index in [0.717, 1.165) is 24.9 Å². The number of aliphatic hydroxyl groups is 1. The Morgan fingerprint density at radius 3 is 3.12 bits per heavy atom. The van der Waals surface area contributed by atoms with Crippen molar-refractivity contribution in [2.24, 2.45) is 11.1 Å². The smallest absolute Gasteiger partial charge is 0.0911 e. The maximum atomic E-state index is 10.4. The average Bonchev–Trinajstić information content (AvgIpc) is 2.98. The van der Waals surface area contributed by atoms with E-state index < -0.39 is 6.10 Å². The summed E-state index contributed by atoms with van der Waals surface area (Å²) in [5, 5.41) is 14.7. The molecule has 2 unspecified atom stereocenters. The number of ether oxygens (including phenoxy) is 1. The summed E-state index contributed by atoms with van der Waals surface area (Å²) in [6, 6.07) is 0. The number of hydrogen-bond acceptors (Lipinski definition) is 4. The minimum atomic E-state index is -0.583. The lowest BCUT2D eigenvalue weighted by Gasteiger charge is -2.30. The fraction of sp³-hybridized carbons (Fsp3) is 0.750. The number of nitrogens with zero attached hydrogens (tertiary/aromatic N) is 2. The van der Waals surface area contributed by atoms with Crippen LogP contribution in [0.5, 0.6) is 0 Å². The Hall–Kier alpha value is -0.910. The Labute approximate surface area is 102 Å². The average molecular weight is 239 g/mol. The molecular weight excluding hydrogens is 218 g/mol. The van der Waals surface area contributed by atoms with Crippen molar-refractivity contribution in [2.75, 3.05) is 19.8 Å². The maximum absolute atomic E-state index is 10.4. The molecule has 1 aromatic rings. The van der Waals surface area contributed by atoms with Crippen molar-refractivity contribution in [3.05, 3.63) is 18.0 Å². The molecule has 0 aliphatic carbocycles. The van der Waals surface area contributed by atoms with Crippen LogP contribution in [0.2, 0.25) is 0 Å². The molecule has 1 aliphatic rings. The van der Waals surface area contributed by atoms with Crippen molar-refractivity contribution < 1.29 is 9.84 Å². The molecule has 0 spiro atoms. The highest BCUT2D eigenvalue weighted by Crippen LogP contribution is 2.40. The monoisotopic (exact) mass is 239 g/mol. The van der Waals surface area contributed by atoms with Crippen LogP contribution < -0.4 is 5.73 Å². The third-order valence-corrected chi connectivity index (χ3v) is 3.54. The first-order chi connectivity index (χ1) is 8.22. The van der Waals surface area contributed by atoms with Crippen LogP contribution in [0.25, 0.3) is 0 Å². The van der Waals surface area contributed by atoms with E-state index in [1.807, 2.05) is 10.9 Å². The molecule has 5 nitrogen and oxygen atoms in total. The second kappa shape index (κ2) is 5.16. The Kier molecular flexibility index (Phi) is 3.81. The van der Waals surface area contributed by atoms with Gasteiger partial charge in [-0.05, 0) is 12.8 Å². The predicted molar refractivity (Wildman–Crippen MR) is 64.4 cm³/mol. The third kappa shape index (κ3) is 2.36. The molecule has 1 aliphatic heterocycles. The van der Waals surface area contributed by atoms with E-state index in [1.165, 1.54) is 0 Å². The number of rotatable bonds is 5. The molecule has 2 heterocycles. The first-order valence-corrected chi connectivity index (χ1v) is 6.20. The molecule has 3 N–H and O–H groups in total. The number of aromatic nitrogens is 2. The number of aryl methyl sites for hydroxylation is 1. The number of hydrogen-bond donors (Lipinski definition) is 2. The van der Waals surface area contributed by atoms with Crippen LogP contribution in [-0.2, 0) is 11.3 Å². The Balaban J connectivity index is 2.14. The van der Waals surface area contributed by atoms with Crippen molar-refractivity contribution >= 4 is 0 Å². The maximum Gasteiger partial charge on any atom is 0.0911 e. The van der Waals surface area contributed by atoms with Crippen LogP contribution in [0.4, 0.5) is 0 Å². The van der Waals surface area contributed by atoms with Gasteiger partial charge in [0.15, 0.2) is 0 Å². The molecule has 0 bridgehead atoms. The summed E-state index contributed by atoms with van der Waals surface area (Å²) in [5.41, 5.74) is 6.31. The van der Waals surface area contributed by atoms with Crippen molar-refractivity contribution in [1.82, 2.24) is 9.78 Å². The topological polar surface area (TPSA) is 73.3 Å². The van der Waals surface area contributed by atoms with Gasteiger partial charge in [-0.1, -0.05) is 6.92 Å². The summed E-state index contributed by atoms with van der Waals surface area (Å²) in [6.07, 6.45) is 4.90. The van der Waals surface area contributed by atoms with Crippen molar-refractivity contribution in [3.63, 3.8) is 0 Å². The fourth-order valence-electron chi connectivity index (χ4n) is 2.34. The van der Waals surface area contributed by atoms with Crippen molar-refractivity contribution in [3.8, 4) is 0 Å². The summed E-state index contributed by atoms with van der Waals surface area (Å²) in [4.78, 5) is 0. The minimum absolute atomic E-state index is 0.333. The normalized spacial score (nSPS) is 26.3. The molecule has 2 atom stereocenters. The van der Waals surface area contributed by atoms with Gasteiger partial charge in [0, 0.05) is 36.9 Å². The summed E-state index contributed by atoms with van der Waals surface area (Å²) < 4.78 is 7.24. The molecule has 17 heavy (non-hydrogen) atoms. The Bertz CT molecular complexity index is 358. The lowest BCUT2D eigenvalue weighted by Crippen LogP contribution is -2.37. The van der Waals surface area contributed by atoms with Crippen LogP contribution in [0, 0.1) is 5.41 Å². The summed E-state index contributed by atoms with van der Waals surface area (Å²) in [7, 11) is 0. The van der Waals surface area contributed by atoms with E-state index in [9.17, 15) is 5.11 Å². The van der Waals surface area contributed by atoms with Crippen LogP contribution >= 0.6 is 0 Å². The molecule has 0 aromatic carbocycles. The number of nitrogens with two attached hydrogens (primary N) is 1. The van der Waals surface area contributed by atoms with Gasteiger partial charge < -0.3 is 15.6 Å². The summed E-state index contributed by atoms with van der Waals surface area (Å²) in [5.74, 6) is 0. The van der Waals surface area contributed by atoms with Gasteiger partial charge in [-0.15, -0.1) is 0 Å². The molecule has 5 heteroatoms. The molecule has 1 aromatic heterocycles. The van der Waals surface area contributed by atoms with Gasteiger partial charge in [-0.3, -0.25) is 4.68 Å². The number of aliphatic hydroxyl groups excluding tert-OH is 1. The van der Waals surface area contributed by atoms with Crippen LogP contribution in [0.3, 0.4) is 0 Å². The lowest BCUT2D eigenvalue weighted by atomic mass is 9.79. The molecule has 1 fully saturated rings. The van der Waals surface area contributed by atoms with Crippen molar-refractivity contribution in [1.29, 1.82) is 0 Å². The summed E-state index contributed by atoms with van der Waals surface area (Å²) in [6.45, 7) is 4.62. The molecule has 0 saturated carbocycles. The van der Waals surface area contributed by atoms with Gasteiger partial charge in [0.2, 0.25) is 0 Å². The predicted octanol–water partition coefficient (Wildman–Crippen LogP) is 0.692. The van der Waals surface area contributed by atoms with Crippen LogP contribution in [0.15, 0.2) is 12.4 Å². The SMILES string of the molecule is CCCn1cc(C(O)C2(CN)CCOC2)cn1. The Morgan fingerprint density at radius 1 is 1.71 bits per heavy atom. The van der Waals surface area contributed by atoms with Crippen molar-refractivity contribution in [2.45, 2.75) is 32.4 Å². The molecule has 2 rings (SSSR count). The molecule has 0 radical (unpaired) electrons. The van der Waals surface area contributed by atoms with Crippen LogP contribution in [-0.4, -0.2) is 34.6 Å². The van der Waals surface area contributed by atoms with E-state index in [1.54, 1.807) is 6.20 Å². The molecule has 1 saturated heterocycles. The zero-order valence-corrected chi connectivity index (χ0v) is 10.3. The van der Waals surface area contributed by atoms with Gasteiger partial charge in [0.05, 0.1) is 18.9 Å². The standard InChI is InChI=1S/C12H21N3O2/c1-2-4-15-7-10(6-14-15)11(16)12(8-13)3-5-17-9-12/h6-7,11,16H,2-5,8-9,13H2,1H3. The largest absolute Gasteiger partial charge is 0.388 e. The molecular formula is C12H21N3O2. The Morgan fingerprint density at radius 2 is 2.53 bits per heavy atom. The first kappa shape index (κ1) is 12.5. The highest BCUT2D eigenvalue weighted by molar-refractivity contribution is 5.13. The van der Waals surface area contributed by atoms with E-state index in [-0.39, 0.29) is 5.41 Å². The lowest BCUT2D eigenvalue weighted by molar-refractivity contribution is 0.0190. The van der Waals surface area contributed by atoms with E-state index >= 15 is 0 Å². The van der Waals surface area contributed by atoms with Gasteiger partial charge in [0.1, 0.15) is 0 Å². The first-order valence-electron chi connectivity index (χ1n) is 6.20. The third-order valence-electron chi connectivity index (χ3n) is 3.54. The van der Waals surface area contributed by atoms with Gasteiger partial charge in [0.25, 0.3) is 0 Å². The molecule has 0 amide bonds. The second-order valence-corrected chi connectivity index (χ2v) is 4.81. The zero-order chi connectivity index (χ0) is 12.3. The van der Waals surface area contributed by atoms with Crippen LogP contribution in [0.1, 0.15) is 31.4 Å². The van der Waals surface area contributed by atoms with Gasteiger partial charge in [-0.2, -0.15) is 5.10 Å².